The first kappa shape index (κ1) is 246. The number of aryl methyl sites for hydroxylation is 6. The Hall–Kier alpha value is -8.59. The summed E-state index contributed by atoms with van der Waals surface area (Å²) in [6, 6.07) is 56.3. The van der Waals surface area contributed by atoms with E-state index < -0.39 is 20.8 Å². The number of carbonyl (C=O) groups is 2. The minimum absolute atomic E-state index is 0. The largest absolute Gasteiger partial charge is 0.483 e. The Labute approximate surface area is 690 Å². The molecule has 6 aromatic rings. The fraction of sp³-hybridized carbons (Fsp3) is 0.488. The minimum atomic E-state index is -4.67. The van der Waals surface area contributed by atoms with Gasteiger partial charge in [0.15, 0.2) is 0 Å². The van der Waals surface area contributed by atoms with Crippen molar-refractivity contribution >= 4 is 39.3 Å². The molecular formula is C82H186N4O24S2. The maximum Gasteiger partial charge on any atom is 0.394 e. The number of nitriles is 3. The van der Waals surface area contributed by atoms with Gasteiger partial charge < -0.3 is 71.1 Å². The van der Waals surface area contributed by atoms with Crippen molar-refractivity contribution in [3.05, 3.63) is 213 Å². The zero-order valence-corrected chi connectivity index (χ0v) is 68.5. The number of rotatable bonds is 1. The van der Waals surface area contributed by atoms with Crippen LogP contribution in [0.2, 0.25) is 0 Å². The smallest absolute Gasteiger partial charge is 0.394 e. The van der Waals surface area contributed by atoms with Gasteiger partial charge in [-0.2, -0.15) is 42.2 Å². The summed E-state index contributed by atoms with van der Waals surface area (Å²) in [6.07, 6.45) is 0.250. The first-order chi connectivity index (χ1) is 43.3. The Balaban J connectivity index is -0.0000000153. The number of nitrogens with zero attached hydrogens (tertiary/aromatic N) is 3. The van der Waals surface area contributed by atoms with Gasteiger partial charge in [0, 0.05) is 5.56 Å². The van der Waals surface area contributed by atoms with Crippen LogP contribution in [0.25, 0.3) is 0 Å². The Morgan fingerprint density at radius 3 is 0.473 bits per heavy atom. The molecule has 0 radical (unpaired) electrons. The lowest BCUT2D eigenvalue weighted by Crippen LogP contribution is -2.10. The maximum atomic E-state index is 10.5. The molecule has 0 heterocycles. The zero-order valence-electron chi connectivity index (χ0n) is 66.8. The summed E-state index contributed by atoms with van der Waals surface area (Å²) in [5, 5.41) is 32.0. The summed E-state index contributed by atoms with van der Waals surface area (Å²) in [5.41, 5.74) is 15.1. The number of carbonyl (C=O) groups excluding carboxylic acids is 3. The molecule has 0 spiro atoms. The lowest BCUT2D eigenvalue weighted by Gasteiger charge is -1.93. The molecule has 0 aromatic heterocycles. The van der Waals surface area contributed by atoms with Gasteiger partial charge in [0.1, 0.15) is 0 Å². The second kappa shape index (κ2) is 232. The second-order valence-corrected chi connectivity index (χ2v) is 14.3. The summed E-state index contributed by atoms with van der Waals surface area (Å²) < 4.78 is 63.2. The predicted octanol–water partition coefficient (Wildman–Crippen LogP) is 18.1. The van der Waals surface area contributed by atoms with E-state index in [0.29, 0.717) is 5.56 Å². The molecule has 0 aliphatic rings. The van der Waals surface area contributed by atoms with Crippen molar-refractivity contribution < 1.29 is 120 Å². The highest BCUT2D eigenvalue weighted by atomic mass is 32.3. The molecule has 0 saturated heterocycles. The van der Waals surface area contributed by atoms with Gasteiger partial charge in [-0.1, -0.05) is 383 Å². The van der Waals surface area contributed by atoms with Crippen LogP contribution < -0.4 is 5.73 Å². The van der Waals surface area contributed by atoms with Gasteiger partial charge >= 0.3 is 26.9 Å². The van der Waals surface area contributed by atoms with Crippen molar-refractivity contribution in [3.8, 4) is 18.2 Å². The molecule has 1 amide bonds. The molecule has 28 nitrogen and oxygen atoms in total. The molecular weight excluding hydrogens is 1490 g/mol. The second-order valence-electron chi connectivity index (χ2n) is 12.6. The van der Waals surface area contributed by atoms with Gasteiger partial charge in [-0.25, -0.2) is 0 Å². The van der Waals surface area contributed by atoms with Crippen molar-refractivity contribution in [1.82, 2.24) is 0 Å². The normalized spacial score (nSPS) is 5.81. The first-order valence-electron chi connectivity index (χ1n) is 30.6. The third kappa shape index (κ3) is 310. The van der Waals surface area contributed by atoms with E-state index in [0.717, 1.165) is 22.3 Å². The highest BCUT2D eigenvalue weighted by Gasteiger charge is 1.96. The van der Waals surface area contributed by atoms with Gasteiger partial charge in [0.25, 0.3) is 6.47 Å². The van der Waals surface area contributed by atoms with E-state index >= 15 is 0 Å². The van der Waals surface area contributed by atoms with Crippen LogP contribution in [-0.2, 0) is 35.2 Å². The van der Waals surface area contributed by atoms with Crippen LogP contribution in [0.1, 0.15) is 301 Å². The van der Waals surface area contributed by atoms with Crippen LogP contribution in [0.15, 0.2) is 158 Å². The average molecular weight is 1680 g/mol. The van der Waals surface area contributed by atoms with Crippen molar-refractivity contribution in [3.63, 3.8) is 0 Å². The quantitative estimate of drug-likeness (QED) is 0.0658. The van der Waals surface area contributed by atoms with E-state index in [1.807, 2.05) is 315 Å². The standard InChI is InChI=1S/C8H9NO.3C8H7N.2C7H8.12C2H6.CH2O2.CO2.10CH4.2H2O4S.11H2O/c1-6-2-4-7(5-3-6)8(9)10;3*1-7-2-4-8(6-9)5-3-7;2*1-7-5-3-2-4-6-7;12*1-2;2*2-1-3;;;;;;;;;;;2*1-5(2,3)4;;;;;;;;;;;/h2-5H,1H3,(H2,9,10);3*2-5H,1H3;2*2-6H,1H3;12*1-2H3;1H,(H,2,3);;10*1H4;2*(H2,1,2,3,4);11*1H2. The Morgan fingerprint density at radius 2 is 0.393 bits per heavy atom. The molecule has 6 rings (SSSR count). The fourth-order valence-corrected chi connectivity index (χ4v) is 3.67. The van der Waals surface area contributed by atoms with Gasteiger partial charge in [0.05, 0.1) is 34.9 Å². The third-order valence-corrected chi connectivity index (χ3v) is 6.76. The predicted molar refractivity (Wildman–Crippen MR) is 495 cm³/mol. The minimum Gasteiger partial charge on any atom is -0.483 e. The van der Waals surface area contributed by atoms with Crippen LogP contribution in [0, 0.1) is 75.5 Å². The third-order valence-electron chi connectivity index (χ3n) is 6.76. The van der Waals surface area contributed by atoms with Crippen LogP contribution in [0.4, 0.5) is 0 Å². The molecule has 0 atom stereocenters. The van der Waals surface area contributed by atoms with E-state index in [1.54, 1.807) is 12.1 Å². The summed E-state index contributed by atoms with van der Waals surface area (Å²) in [4.78, 5) is 35.1. The number of hydrogen-bond acceptors (Lipinski definition) is 11. The number of benzene rings is 6. The molecule has 112 heavy (non-hydrogen) atoms. The summed E-state index contributed by atoms with van der Waals surface area (Å²) in [6.45, 7) is 59.9. The maximum absolute atomic E-state index is 10.5. The van der Waals surface area contributed by atoms with Crippen LogP contribution in [0.5, 0.6) is 0 Å². The number of amides is 1. The van der Waals surface area contributed by atoms with Gasteiger partial charge in [0.2, 0.25) is 5.91 Å². The Bertz CT molecular complexity index is 2450. The molecule has 0 saturated carbocycles. The monoisotopic (exact) mass is 1680 g/mol. The molecule has 0 aliphatic carbocycles. The fourth-order valence-electron chi connectivity index (χ4n) is 3.67. The van der Waals surface area contributed by atoms with E-state index in [1.165, 1.54) is 27.8 Å². The van der Waals surface area contributed by atoms with E-state index in [9.17, 15) is 4.79 Å². The summed E-state index contributed by atoms with van der Waals surface area (Å²) in [7, 11) is -9.33. The van der Waals surface area contributed by atoms with Crippen molar-refractivity contribution in [2.24, 2.45) is 5.73 Å². The topological polar surface area (TPSA) is 682 Å². The summed E-state index contributed by atoms with van der Waals surface area (Å²) in [5.74, 6) is -0.375. The van der Waals surface area contributed by atoms with Crippen molar-refractivity contribution in [2.45, 2.75) is 282 Å². The SMILES string of the molecule is C.C.C.C.C.C.C.C.C.C.CC.CC.CC.CC.CC.CC.CC.CC.CC.CC.CC.CC.Cc1ccc(C#N)cc1.Cc1ccc(C#N)cc1.Cc1ccc(C#N)cc1.Cc1ccc(C(N)=O)cc1.Cc1ccccc1.Cc1ccccc1.O.O.O.O.O.O.O.O.O.O.O.O=C=O.O=CO.O=S(=O)(O)O.O=S(=O)(O)O. The average Bonchev–Trinajstić information content (AvgIpc) is 0.932. The number of hydrogen-bond donors (Lipinski definition) is 6. The molecule has 0 bridgehead atoms. The van der Waals surface area contributed by atoms with Gasteiger partial charge in [-0.05, 0) is 90.1 Å². The van der Waals surface area contributed by atoms with E-state index in [2.05, 4.69) is 56.3 Å². The van der Waals surface area contributed by atoms with Gasteiger partial charge in [-0.3, -0.25) is 27.8 Å². The van der Waals surface area contributed by atoms with Crippen LogP contribution in [-0.4, -0.2) is 119 Å². The number of carboxylic acid groups (broad SMARTS) is 1. The molecule has 0 fully saturated rings. The number of primary amides is 1. The summed E-state index contributed by atoms with van der Waals surface area (Å²) >= 11 is 0. The zero-order chi connectivity index (χ0) is 76.3. The van der Waals surface area contributed by atoms with E-state index in [-0.39, 0.29) is 153 Å². The molecule has 29 N–H and O–H groups in total. The Kier molecular flexibility index (Phi) is 509. The molecule has 6 aromatic carbocycles. The van der Waals surface area contributed by atoms with Crippen molar-refractivity contribution in [1.29, 1.82) is 15.8 Å². The molecule has 0 aliphatic heterocycles. The number of nitrogens with two attached hydrogens (primary N) is 1. The highest BCUT2D eigenvalue weighted by Crippen LogP contribution is 2.03. The molecule has 0 unspecified atom stereocenters. The lowest BCUT2D eigenvalue weighted by molar-refractivity contribution is -0.191. The first-order valence-corrected chi connectivity index (χ1v) is 33.4. The lowest BCUT2D eigenvalue weighted by atomic mass is 10.1. The highest BCUT2D eigenvalue weighted by molar-refractivity contribution is 7.80. The van der Waals surface area contributed by atoms with E-state index in [4.69, 9.17) is 76.1 Å². The molecule has 690 valence electrons. The van der Waals surface area contributed by atoms with Crippen LogP contribution >= 0.6 is 0 Å². The Morgan fingerprint density at radius 1 is 0.295 bits per heavy atom. The van der Waals surface area contributed by atoms with Gasteiger partial charge in [-0.15, -0.1) is 0 Å². The van der Waals surface area contributed by atoms with Crippen molar-refractivity contribution in [2.75, 3.05) is 0 Å². The van der Waals surface area contributed by atoms with Crippen LogP contribution in [0.3, 0.4) is 0 Å². The molecule has 30 heteroatoms.